The summed E-state index contributed by atoms with van der Waals surface area (Å²) in [7, 11) is 1.80. The lowest BCUT2D eigenvalue weighted by Crippen LogP contribution is -2.30. The first-order valence-corrected chi connectivity index (χ1v) is 10.2. The lowest BCUT2D eigenvalue weighted by molar-refractivity contribution is -0.123. The van der Waals surface area contributed by atoms with Crippen LogP contribution in [-0.2, 0) is 23.0 Å². The number of aryl methyl sites for hydroxylation is 3. The molecule has 0 fully saturated rings. The second-order valence-corrected chi connectivity index (χ2v) is 7.65. The summed E-state index contributed by atoms with van der Waals surface area (Å²) in [6.07, 6.45) is 0.00354. The molecule has 1 aromatic carbocycles. The van der Waals surface area contributed by atoms with E-state index in [1.165, 1.54) is 23.8 Å². The lowest BCUT2D eigenvalue weighted by atomic mass is 10.1. The maximum atomic E-state index is 12.4. The number of nitrogens with zero attached hydrogens (tertiary/aromatic N) is 3. The van der Waals surface area contributed by atoms with Crippen LogP contribution in [0.5, 0.6) is 0 Å². The summed E-state index contributed by atoms with van der Waals surface area (Å²) >= 11 is 1.37. The second-order valence-electron chi connectivity index (χ2n) is 6.79. The van der Waals surface area contributed by atoms with Gasteiger partial charge < -0.3 is 10.1 Å². The quantitative estimate of drug-likeness (QED) is 0.621. The number of carbonyl (C=O) groups excluding carboxylic acids is 2. The minimum Gasteiger partial charge on any atom is -0.448 e. The minimum absolute atomic E-state index is 0.193. The number of hydrogen-bond acceptors (Lipinski definition) is 6. The van der Waals surface area contributed by atoms with Crippen LogP contribution in [0.2, 0.25) is 0 Å². The number of rotatable bonds is 6. The highest BCUT2D eigenvalue weighted by Gasteiger charge is 2.23. The van der Waals surface area contributed by atoms with Gasteiger partial charge in [-0.15, -0.1) is 11.3 Å². The van der Waals surface area contributed by atoms with Gasteiger partial charge in [0.2, 0.25) is 0 Å². The van der Waals surface area contributed by atoms with Gasteiger partial charge in [-0.05, 0) is 32.8 Å². The molecule has 0 aliphatic heterocycles. The highest BCUT2D eigenvalue weighted by Crippen LogP contribution is 2.25. The number of aromatic nitrogens is 3. The van der Waals surface area contributed by atoms with Crippen molar-refractivity contribution in [3.63, 3.8) is 0 Å². The number of ether oxygens (including phenoxy) is 1. The zero-order valence-corrected chi connectivity index (χ0v) is 18.0. The number of amides is 1. The van der Waals surface area contributed by atoms with Gasteiger partial charge in [-0.2, -0.15) is 5.10 Å². The molecule has 29 heavy (non-hydrogen) atoms. The fourth-order valence-corrected chi connectivity index (χ4v) is 3.63. The third-order valence-electron chi connectivity index (χ3n) is 4.73. The van der Waals surface area contributed by atoms with E-state index >= 15 is 0 Å². The zero-order valence-electron chi connectivity index (χ0n) is 17.1. The summed E-state index contributed by atoms with van der Waals surface area (Å²) in [5.74, 6) is -1.04. The zero-order chi connectivity index (χ0) is 21.1. The molecule has 0 bridgehead atoms. The molecule has 3 aromatic rings. The Kier molecular flexibility index (Phi) is 6.12. The smallest absolute Gasteiger partial charge is 0.358 e. The Morgan fingerprint density at radius 2 is 1.93 bits per heavy atom. The van der Waals surface area contributed by atoms with Crippen molar-refractivity contribution in [2.75, 3.05) is 5.32 Å². The van der Waals surface area contributed by atoms with Gasteiger partial charge in [0, 0.05) is 18.0 Å². The molecule has 0 radical (unpaired) electrons. The molecule has 2 aromatic heterocycles. The fourth-order valence-electron chi connectivity index (χ4n) is 2.84. The number of carbonyl (C=O) groups is 2. The van der Waals surface area contributed by atoms with Gasteiger partial charge >= 0.3 is 5.97 Å². The third kappa shape index (κ3) is 4.54. The van der Waals surface area contributed by atoms with Crippen LogP contribution in [0.4, 0.5) is 5.69 Å². The molecule has 0 saturated carbocycles. The van der Waals surface area contributed by atoms with Crippen molar-refractivity contribution in [3.8, 4) is 10.6 Å². The molecular weight excluding hydrogens is 388 g/mol. The van der Waals surface area contributed by atoms with Crippen LogP contribution in [0.25, 0.3) is 10.6 Å². The van der Waals surface area contributed by atoms with Gasteiger partial charge in [-0.1, -0.05) is 31.2 Å². The Labute approximate surface area is 173 Å². The van der Waals surface area contributed by atoms with Crippen LogP contribution in [0.15, 0.2) is 29.6 Å². The van der Waals surface area contributed by atoms with Gasteiger partial charge in [0.15, 0.2) is 11.8 Å². The summed E-state index contributed by atoms with van der Waals surface area (Å²) in [4.78, 5) is 29.2. The van der Waals surface area contributed by atoms with Crippen molar-refractivity contribution in [2.45, 2.75) is 40.2 Å². The maximum absolute atomic E-state index is 12.4. The highest BCUT2D eigenvalue weighted by atomic mass is 32.1. The molecule has 1 N–H and O–H groups in total. The normalized spacial score (nSPS) is 11.9. The molecule has 3 rings (SSSR count). The van der Waals surface area contributed by atoms with E-state index in [4.69, 9.17) is 4.74 Å². The molecule has 1 amide bonds. The Hall–Kier alpha value is -3.00. The van der Waals surface area contributed by atoms with E-state index in [0.29, 0.717) is 11.4 Å². The van der Waals surface area contributed by atoms with Crippen LogP contribution in [0.3, 0.4) is 0 Å². The predicted molar refractivity (Wildman–Crippen MR) is 113 cm³/mol. The molecule has 0 aliphatic rings. The van der Waals surface area contributed by atoms with E-state index in [2.05, 4.69) is 22.3 Å². The Bertz CT molecular complexity index is 1040. The summed E-state index contributed by atoms with van der Waals surface area (Å²) in [5, 5.41) is 9.42. The van der Waals surface area contributed by atoms with E-state index in [-0.39, 0.29) is 5.69 Å². The van der Waals surface area contributed by atoms with Crippen molar-refractivity contribution >= 4 is 28.9 Å². The van der Waals surface area contributed by atoms with E-state index in [0.717, 1.165) is 22.7 Å². The standard InChI is InChI=1S/C21H24N4O3S/c1-6-15-7-9-16(10-8-15)20-22-17(11-29-20)21(27)28-14(4)19(26)23-18-12(2)24-25(5)13(18)3/h7-11,14H,6H2,1-5H3,(H,23,26)/t14-/m1/s1. The molecular formula is C21H24N4O3S. The highest BCUT2D eigenvalue weighted by molar-refractivity contribution is 7.13. The van der Waals surface area contributed by atoms with Crippen LogP contribution in [0, 0.1) is 13.8 Å². The molecule has 152 valence electrons. The SMILES string of the molecule is CCc1ccc(-c2nc(C(=O)O[C@H](C)C(=O)Nc3c(C)nn(C)c3C)cs2)cc1. The molecule has 0 unspecified atom stereocenters. The Balaban J connectivity index is 1.65. The molecule has 1 atom stereocenters. The van der Waals surface area contributed by atoms with E-state index in [9.17, 15) is 9.59 Å². The van der Waals surface area contributed by atoms with Crippen molar-refractivity contribution in [2.24, 2.45) is 7.05 Å². The van der Waals surface area contributed by atoms with Gasteiger partial charge in [0.25, 0.3) is 5.91 Å². The Morgan fingerprint density at radius 3 is 2.52 bits per heavy atom. The Morgan fingerprint density at radius 1 is 1.24 bits per heavy atom. The van der Waals surface area contributed by atoms with Gasteiger partial charge in [-0.25, -0.2) is 9.78 Å². The number of benzene rings is 1. The van der Waals surface area contributed by atoms with Crippen molar-refractivity contribution in [1.29, 1.82) is 0 Å². The van der Waals surface area contributed by atoms with Crippen LogP contribution >= 0.6 is 11.3 Å². The molecule has 0 saturated heterocycles. The second kappa shape index (κ2) is 8.57. The summed E-state index contributed by atoms with van der Waals surface area (Å²) < 4.78 is 6.99. The number of nitrogens with one attached hydrogen (secondary N) is 1. The van der Waals surface area contributed by atoms with E-state index in [1.54, 1.807) is 17.1 Å². The molecule has 0 spiro atoms. The average molecular weight is 413 g/mol. The summed E-state index contributed by atoms with van der Waals surface area (Å²) in [6, 6.07) is 8.07. The lowest BCUT2D eigenvalue weighted by Gasteiger charge is -2.13. The van der Waals surface area contributed by atoms with Crippen LogP contribution in [-0.4, -0.2) is 32.7 Å². The monoisotopic (exact) mass is 412 g/mol. The number of thiazole rings is 1. The number of hydrogen-bond donors (Lipinski definition) is 1. The van der Waals surface area contributed by atoms with Gasteiger partial charge in [0.05, 0.1) is 17.1 Å². The van der Waals surface area contributed by atoms with E-state index < -0.39 is 18.0 Å². The first-order valence-electron chi connectivity index (χ1n) is 9.37. The largest absolute Gasteiger partial charge is 0.448 e. The van der Waals surface area contributed by atoms with E-state index in [1.807, 2.05) is 38.1 Å². The summed E-state index contributed by atoms with van der Waals surface area (Å²) in [6.45, 7) is 7.30. The first kappa shape index (κ1) is 20.7. The minimum atomic E-state index is -0.963. The molecule has 0 aliphatic carbocycles. The molecule has 8 heteroatoms. The number of esters is 1. The van der Waals surface area contributed by atoms with Crippen LogP contribution < -0.4 is 5.32 Å². The van der Waals surface area contributed by atoms with Gasteiger partial charge in [0.1, 0.15) is 5.01 Å². The maximum Gasteiger partial charge on any atom is 0.358 e. The first-order chi connectivity index (χ1) is 13.8. The molecule has 7 nitrogen and oxygen atoms in total. The van der Waals surface area contributed by atoms with Crippen molar-refractivity contribution in [1.82, 2.24) is 14.8 Å². The number of anilines is 1. The van der Waals surface area contributed by atoms with Crippen molar-refractivity contribution < 1.29 is 14.3 Å². The summed E-state index contributed by atoms with van der Waals surface area (Å²) in [5.41, 5.74) is 4.54. The fraction of sp³-hybridized carbons (Fsp3) is 0.333. The van der Waals surface area contributed by atoms with Crippen LogP contribution in [0.1, 0.15) is 41.3 Å². The van der Waals surface area contributed by atoms with Crippen molar-refractivity contribution in [3.05, 3.63) is 52.3 Å². The van der Waals surface area contributed by atoms with Gasteiger partial charge in [-0.3, -0.25) is 9.48 Å². The molecule has 2 heterocycles. The third-order valence-corrected chi connectivity index (χ3v) is 5.62. The predicted octanol–water partition coefficient (Wildman–Crippen LogP) is 3.91. The topological polar surface area (TPSA) is 86.1 Å². The average Bonchev–Trinajstić information content (AvgIpc) is 3.29.